The summed E-state index contributed by atoms with van der Waals surface area (Å²) in [6.07, 6.45) is 17.3. The van der Waals surface area contributed by atoms with E-state index in [0.717, 1.165) is 24.2 Å². The van der Waals surface area contributed by atoms with E-state index in [2.05, 4.69) is 209 Å². The largest absolute Gasteiger partial charge is 0.317 e. The van der Waals surface area contributed by atoms with E-state index in [4.69, 9.17) is 0 Å². The zero-order valence-corrected chi connectivity index (χ0v) is 29.6. The van der Waals surface area contributed by atoms with Crippen LogP contribution in [0.4, 0.5) is 11.4 Å². The summed E-state index contributed by atoms with van der Waals surface area (Å²) in [5, 5.41) is 2.50. The minimum absolute atomic E-state index is 0.0774. The van der Waals surface area contributed by atoms with Crippen LogP contribution in [0.25, 0.3) is 44.2 Å². The molecular formula is C49H45N. The van der Waals surface area contributed by atoms with Crippen LogP contribution in [-0.2, 0) is 5.41 Å². The van der Waals surface area contributed by atoms with E-state index in [1.54, 1.807) is 0 Å². The van der Waals surface area contributed by atoms with Crippen LogP contribution in [0, 0.1) is 0 Å². The third kappa shape index (κ3) is 6.52. The lowest BCUT2D eigenvalue weighted by Gasteiger charge is -2.26. The lowest BCUT2D eigenvalue weighted by molar-refractivity contribution is 0.660. The number of hydrogen-bond donors (Lipinski definition) is 0. The van der Waals surface area contributed by atoms with Crippen LogP contribution in [0.3, 0.4) is 0 Å². The van der Waals surface area contributed by atoms with Crippen molar-refractivity contribution < 1.29 is 0 Å². The number of unbranched alkanes of at least 4 members (excludes halogenated alkanes) is 1. The minimum Gasteiger partial charge on any atom is -0.317 e. The number of allylic oxidation sites excluding steroid dienone is 7. The van der Waals surface area contributed by atoms with Crippen molar-refractivity contribution in [1.82, 2.24) is 0 Å². The van der Waals surface area contributed by atoms with Crippen LogP contribution in [0.1, 0.15) is 51.7 Å². The van der Waals surface area contributed by atoms with Gasteiger partial charge < -0.3 is 4.90 Å². The normalized spacial score (nSPS) is 13.8. The highest BCUT2D eigenvalue weighted by molar-refractivity contribution is 6.01. The van der Waals surface area contributed by atoms with Gasteiger partial charge in [-0.3, -0.25) is 0 Å². The third-order valence-electron chi connectivity index (χ3n) is 9.97. The van der Waals surface area contributed by atoms with E-state index in [9.17, 15) is 0 Å². The molecule has 6 aromatic rings. The first-order valence-corrected chi connectivity index (χ1v) is 17.8. The van der Waals surface area contributed by atoms with E-state index >= 15 is 0 Å². The predicted molar refractivity (Wildman–Crippen MR) is 217 cm³/mol. The maximum Gasteiger partial charge on any atom is 0.0461 e. The molecule has 50 heavy (non-hydrogen) atoms. The maximum absolute atomic E-state index is 2.41. The zero-order valence-electron chi connectivity index (χ0n) is 29.6. The molecule has 0 aromatic heterocycles. The van der Waals surface area contributed by atoms with E-state index in [1.807, 2.05) is 0 Å². The van der Waals surface area contributed by atoms with E-state index in [0.29, 0.717) is 0 Å². The molecule has 0 radical (unpaired) electrons. The monoisotopic (exact) mass is 647 g/mol. The molecule has 1 aliphatic rings. The number of hydrogen-bond acceptors (Lipinski definition) is 1. The maximum atomic E-state index is 2.41. The summed E-state index contributed by atoms with van der Waals surface area (Å²) in [5.74, 6) is 0. The lowest BCUT2D eigenvalue weighted by atomic mass is 9.82. The van der Waals surface area contributed by atoms with Gasteiger partial charge in [0.15, 0.2) is 0 Å². The summed E-state index contributed by atoms with van der Waals surface area (Å²) < 4.78 is 0. The van der Waals surface area contributed by atoms with Crippen molar-refractivity contribution in [2.75, 3.05) is 4.90 Å². The average molecular weight is 648 g/mol. The fourth-order valence-electron chi connectivity index (χ4n) is 7.40. The molecule has 0 fully saturated rings. The summed E-state index contributed by atoms with van der Waals surface area (Å²) >= 11 is 0. The standard InChI is InChI=1S/C49H45N/c1-5-19-36(2)20-10-7-6-8-17-33-50(40-30-32-45-44-26-15-16-28-47(44)49(3,4)48(45)35-40)39-29-31-42(37-21-11-9-12-22-37)46(34-39)43-27-18-24-38-23-13-14-25-41(38)43/h5,7,9-35H,6,8H2,1-4H3/b10-7-,19-5-,33-17+,36-20+. The highest BCUT2D eigenvalue weighted by Gasteiger charge is 2.35. The summed E-state index contributed by atoms with van der Waals surface area (Å²) in [6.45, 7) is 8.90. The third-order valence-corrected chi connectivity index (χ3v) is 9.97. The molecule has 0 N–H and O–H groups in total. The van der Waals surface area contributed by atoms with Crippen LogP contribution < -0.4 is 4.90 Å². The first-order valence-electron chi connectivity index (χ1n) is 17.8. The van der Waals surface area contributed by atoms with E-state index in [-0.39, 0.29) is 5.41 Å². The molecule has 0 amide bonds. The molecule has 246 valence electrons. The van der Waals surface area contributed by atoms with Crippen LogP contribution in [0.5, 0.6) is 0 Å². The van der Waals surface area contributed by atoms with Gasteiger partial charge in [-0.15, -0.1) is 0 Å². The van der Waals surface area contributed by atoms with Gasteiger partial charge in [0.1, 0.15) is 0 Å². The Hall–Kier alpha value is -5.66. The van der Waals surface area contributed by atoms with Gasteiger partial charge in [0.2, 0.25) is 0 Å². The molecule has 6 aromatic carbocycles. The summed E-state index contributed by atoms with van der Waals surface area (Å²) in [6, 6.07) is 49.0. The Balaban J connectivity index is 1.33. The van der Waals surface area contributed by atoms with Crippen molar-refractivity contribution in [3.05, 3.63) is 193 Å². The number of rotatable bonds is 10. The quantitative estimate of drug-likeness (QED) is 0.106. The van der Waals surface area contributed by atoms with Crippen molar-refractivity contribution >= 4 is 22.1 Å². The van der Waals surface area contributed by atoms with Crippen LogP contribution in [-0.4, -0.2) is 0 Å². The second-order valence-corrected chi connectivity index (χ2v) is 13.7. The first kappa shape index (κ1) is 32.9. The highest BCUT2D eigenvalue weighted by atomic mass is 15.1. The van der Waals surface area contributed by atoms with Crippen LogP contribution in [0.15, 0.2) is 182 Å². The Morgan fingerprint density at radius 2 is 1.26 bits per heavy atom. The number of benzene rings is 6. The van der Waals surface area contributed by atoms with Crippen molar-refractivity contribution in [2.24, 2.45) is 0 Å². The van der Waals surface area contributed by atoms with Crippen LogP contribution in [0.2, 0.25) is 0 Å². The van der Waals surface area contributed by atoms with Crippen molar-refractivity contribution in [3.63, 3.8) is 0 Å². The van der Waals surface area contributed by atoms with Crippen molar-refractivity contribution in [3.8, 4) is 33.4 Å². The fourth-order valence-corrected chi connectivity index (χ4v) is 7.40. The Morgan fingerprint density at radius 1 is 0.600 bits per heavy atom. The summed E-state index contributed by atoms with van der Waals surface area (Å²) in [7, 11) is 0. The Kier molecular flexibility index (Phi) is 9.49. The molecule has 0 saturated carbocycles. The topological polar surface area (TPSA) is 3.24 Å². The molecule has 7 rings (SSSR count). The molecule has 0 spiro atoms. The molecule has 0 unspecified atom stereocenters. The summed E-state index contributed by atoms with van der Waals surface area (Å²) in [5.41, 5.74) is 13.8. The van der Waals surface area contributed by atoms with Gasteiger partial charge in [0.05, 0.1) is 0 Å². The molecule has 0 saturated heterocycles. The predicted octanol–water partition coefficient (Wildman–Crippen LogP) is 14.0. The Labute approximate surface area is 298 Å². The van der Waals surface area contributed by atoms with Crippen molar-refractivity contribution in [1.29, 1.82) is 0 Å². The molecule has 1 heteroatoms. The molecule has 0 atom stereocenters. The van der Waals surface area contributed by atoms with Crippen LogP contribution >= 0.6 is 0 Å². The summed E-state index contributed by atoms with van der Waals surface area (Å²) in [4.78, 5) is 2.38. The van der Waals surface area contributed by atoms with E-state index < -0.39 is 0 Å². The number of nitrogens with zero attached hydrogens (tertiary/aromatic N) is 1. The fraction of sp³-hybridized carbons (Fsp3) is 0.143. The van der Waals surface area contributed by atoms with Gasteiger partial charge in [0, 0.05) is 23.0 Å². The number of anilines is 2. The molecule has 1 nitrogen and oxygen atoms in total. The molecule has 1 aliphatic carbocycles. The van der Waals surface area contributed by atoms with Gasteiger partial charge in [-0.2, -0.15) is 0 Å². The zero-order chi connectivity index (χ0) is 34.5. The Morgan fingerprint density at radius 3 is 2.10 bits per heavy atom. The molecule has 0 heterocycles. The molecule has 0 aliphatic heterocycles. The molecule has 0 bridgehead atoms. The molecular weight excluding hydrogens is 603 g/mol. The smallest absolute Gasteiger partial charge is 0.0461 e. The Bertz CT molecular complexity index is 2260. The van der Waals surface area contributed by atoms with E-state index in [1.165, 1.54) is 60.9 Å². The minimum atomic E-state index is -0.0774. The SMILES string of the molecule is C\C=C/C(C)=C/C=C\CC/C=C/N(c1ccc(-c2ccccc2)c(-c2cccc3ccccc23)c1)c1ccc2c(c1)C(C)(C)c1ccccc1-2. The van der Waals surface area contributed by atoms with Gasteiger partial charge >= 0.3 is 0 Å². The van der Waals surface area contributed by atoms with Gasteiger partial charge in [-0.1, -0.05) is 165 Å². The van der Waals surface area contributed by atoms with Crippen molar-refractivity contribution in [2.45, 2.75) is 46.0 Å². The second-order valence-electron chi connectivity index (χ2n) is 13.7. The van der Waals surface area contributed by atoms with Gasteiger partial charge in [-0.05, 0) is 106 Å². The first-order chi connectivity index (χ1) is 24.5. The number of fused-ring (bicyclic) bond motifs is 4. The average Bonchev–Trinajstić information content (AvgIpc) is 3.38. The lowest BCUT2D eigenvalue weighted by Crippen LogP contribution is -2.16. The second kappa shape index (κ2) is 14.4. The van der Waals surface area contributed by atoms with Gasteiger partial charge in [-0.25, -0.2) is 0 Å². The highest BCUT2D eigenvalue weighted by Crippen LogP contribution is 2.50. The van der Waals surface area contributed by atoms with Gasteiger partial charge in [0.25, 0.3) is 0 Å².